The molecule has 0 saturated heterocycles. The first kappa shape index (κ1) is 14.9. The molecule has 2 aromatic rings. The lowest BCUT2D eigenvalue weighted by Crippen LogP contribution is -2.04. The highest BCUT2D eigenvalue weighted by atomic mass is 35.5. The second-order valence-electron chi connectivity index (χ2n) is 4.16. The van der Waals surface area contributed by atoms with Crippen LogP contribution < -0.4 is 10.1 Å². The summed E-state index contributed by atoms with van der Waals surface area (Å²) in [6.07, 6.45) is 0. The highest BCUT2D eigenvalue weighted by Crippen LogP contribution is 2.28. The normalized spacial score (nSPS) is 10.4. The Morgan fingerprint density at radius 1 is 1.10 bits per heavy atom. The van der Waals surface area contributed by atoms with Crippen LogP contribution in [0.15, 0.2) is 36.4 Å². The van der Waals surface area contributed by atoms with Gasteiger partial charge in [0.15, 0.2) is 0 Å². The second-order valence-corrected chi connectivity index (χ2v) is 5.04. The second kappa shape index (κ2) is 6.82. The van der Waals surface area contributed by atoms with E-state index in [4.69, 9.17) is 27.9 Å². The third-order valence-electron chi connectivity index (χ3n) is 2.73. The zero-order valence-electron chi connectivity index (χ0n) is 10.9. The first-order valence-corrected chi connectivity index (χ1v) is 6.96. The standard InChI is InChI=1S/C15H14Cl2FNO/c1-2-20-15-6-5-12(17)8-14(15)19-9-10-3-4-11(16)7-13(10)18/h3-8,19H,2,9H2,1H3. The number of ether oxygens (including phenoxy) is 1. The van der Waals surface area contributed by atoms with Gasteiger partial charge in [0.1, 0.15) is 11.6 Å². The van der Waals surface area contributed by atoms with Crippen LogP contribution >= 0.6 is 23.2 Å². The number of hydrogen-bond donors (Lipinski definition) is 1. The number of halogens is 3. The van der Waals surface area contributed by atoms with E-state index in [1.54, 1.807) is 30.3 Å². The van der Waals surface area contributed by atoms with Crippen molar-refractivity contribution >= 4 is 28.9 Å². The van der Waals surface area contributed by atoms with Crippen molar-refractivity contribution in [2.75, 3.05) is 11.9 Å². The van der Waals surface area contributed by atoms with Crippen molar-refractivity contribution < 1.29 is 9.13 Å². The van der Waals surface area contributed by atoms with Crippen molar-refractivity contribution in [2.24, 2.45) is 0 Å². The lowest BCUT2D eigenvalue weighted by molar-refractivity contribution is 0.341. The van der Waals surface area contributed by atoms with Crippen LogP contribution in [0.3, 0.4) is 0 Å². The molecule has 20 heavy (non-hydrogen) atoms. The number of rotatable bonds is 5. The summed E-state index contributed by atoms with van der Waals surface area (Å²) in [6, 6.07) is 9.88. The predicted molar refractivity (Wildman–Crippen MR) is 81.4 cm³/mol. The quantitative estimate of drug-likeness (QED) is 0.824. The highest BCUT2D eigenvalue weighted by molar-refractivity contribution is 6.31. The fourth-order valence-electron chi connectivity index (χ4n) is 1.78. The van der Waals surface area contributed by atoms with E-state index in [0.717, 1.165) is 5.69 Å². The maximum absolute atomic E-state index is 13.7. The van der Waals surface area contributed by atoms with Gasteiger partial charge in [0.2, 0.25) is 0 Å². The van der Waals surface area contributed by atoms with E-state index in [1.807, 2.05) is 6.92 Å². The summed E-state index contributed by atoms with van der Waals surface area (Å²) in [5, 5.41) is 4.09. The maximum Gasteiger partial charge on any atom is 0.142 e. The van der Waals surface area contributed by atoms with E-state index in [1.165, 1.54) is 6.07 Å². The molecule has 0 amide bonds. The van der Waals surface area contributed by atoms with Crippen LogP contribution in [0.5, 0.6) is 5.75 Å². The van der Waals surface area contributed by atoms with Crippen LogP contribution in [0.1, 0.15) is 12.5 Å². The van der Waals surface area contributed by atoms with Gasteiger partial charge in [-0.25, -0.2) is 4.39 Å². The molecule has 5 heteroatoms. The van der Waals surface area contributed by atoms with Gasteiger partial charge >= 0.3 is 0 Å². The number of anilines is 1. The predicted octanol–water partition coefficient (Wildman–Crippen LogP) is 5.14. The minimum atomic E-state index is -0.343. The van der Waals surface area contributed by atoms with Crippen molar-refractivity contribution in [3.63, 3.8) is 0 Å². The summed E-state index contributed by atoms with van der Waals surface area (Å²) in [5.74, 6) is 0.344. The Morgan fingerprint density at radius 3 is 2.50 bits per heavy atom. The Balaban J connectivity index is 2.15. The number of hydrogen-bond acceptors (Lipinski definition) is 2. The van der Waals surface area contributed by atoms with Crippen molar-refractivity contribution in [3.8, 4) is 5.75 Å². The Labute approximate surface area is 127 Å². The molecule has 2 nitrogen and oxygen atoms in total. The van der Waals surface area contributed by atoms with Crippen LogP contribution in [-0.4, -0.2) is 6.61 Å². The SMILES string of the molecule is CCOc1ccc(Cl)cc1NCc1ccc(Cl)cc1F. The molecule has 0 aromatic heterocycles. The number of benzene rings is 2. The van der Waals surface area contributed by atoms with Gasteiger partial charge in [-0.3, -0.25) is 0 Å². The van der Waals surface area contributed by atoms with Crippen LogP contribution in [0, 0.1) is 5.82 Å². The van der Waals surface area contributed by atoms with E-state index < -0.39 is 0 Å². The third-order valence-corrected chi connectivity index (χ3v) is 3.20. The van der Waals surface area contributed by atoms with Crippen LogP contribution in [-0.2, 0) is 6.54 Å². The summed E-state index contributed by atoms with van der Waals surface area (Å²) in [5.41, 5.74) is 1.26. The van der Waals surface area contributed by atoms with Gasteiger partial charge in [-0.2, -0.15) is 0 Å². The molecule has 0 aliphatic carbocycles. The summed E-state index contributed by atoms with van der Waals surface area (Å²) in [7, 11) is 0. The average Bonchev–Trinajstić information content (AvgIpc) is 2.41. The van der Waals surface area contributed by atoms with Crippen molar-refractivity contribution in [1.82, 2.24) is 0 Å². The Bertz CT molecular complexity index is 604. The molecular weight excluding hydrogens is 300 g/mol. The zero-order chi connectivity index (χ0) is 14.5. The van der Waals surface area contributed by atoms with Gasteiger partial charge in [-0.15, -0.1) is 0 Å². The van der Waals surface area contributed by atoms with Gasteiger partial charge in [0.25, 0.3) is 0 Å². The topological polar surface area (TPSA) is 21.3 Å². The van der Waals surface area contributed by atoms with E-state index in [-0.39, 0.29) is 5.82 Å². The van der Waals surface area contributed by atoms with Crippen molar-refractivity contribution in [2.45, 2.75) is 13.5 Å². The molecule has 0 radical (unpaired) electrons. The fourth-order valence-corrected chi connectivity index (χ4v) is 2.11. The Hall–Kier alpha value is -1.45. The highest BCUT2D eigenvalue weighted by Gasteiger charge is 2.07. The fraction of sp³-hybridized carbons (Fsp3) is 0.200. The van der Waals surface area contributed by atoms with Gasteiger partial charge in [-0.05, 0) is 37.3 Å². The molecule has 0 spiro atoms. The average molecular weight is 314 g/mol. The molecule has 0 heterocycles. The summed E-state index contributed by atoms with van der Waals surface area (Å²) < 4.78 is 19.2. The molecule has 106 valence electrons. The monoisotopic (exact) mass is 313 g/mol. The molecule has 2 aromatic carbocycles. The smallest absolute Gasteiger partial charge is 0.142 e. The Morgan fingerprint density at radius 2 is 1.80 bits per heavy atom. The van der Waals surface area contributed by atoms with E-state index in [0.29, 0.717) is 34.5 Å². The van der Waals surface area contributed by atoms with Gasteiger partial charge in [0.05, 0.1) is 12.3 Å². The number of nitrogens with one attached hydrogen (secondary N) is 1. The third kappa shape index (κ3) is 3.78. The first-order valence-electron chi connectivity index (χ1n) is 6.20. The summed E-state index contributed by atoms with van der Waals surface area (Å²) >= 11 is 11.7. The molecule has 0 fully saturated rings. The minimum absolute atomic E-state index is 0.323. The van der Waals surface area contributed by atoms with Gasteiger partial charge < -0.3 is 10.1 Å². The lowest BCUT2D eigenvalue weighted by Gasteiger charge is -2.13. The van der Waals surface area contributed by atoms with Crippen LogP contribution in [0.2, 0.25) is 10.0 Å². The maximum atomic E-state index is 13.7. The molecule has 0 aliphatic rings. The molecule has 0 saturated carbocycles. The van der Waals surface area contributed by atoms with Crippen molar-refractivity contribution in [1.29, 1.82) is 0 Å². The molecule has 0 aliphatic heterocycles. The molecular formula is C15H14Cl2FNO. The minimum Gasteiger partial charge on any atom is -0.492 e. The molecule has 2 rings (SSSR count). The van der Waals surface area contributed by atoms with Crippen molar-refractivity contribution in [3.05, 3.63) is 57.8 Å². The van der Waals surface area contributed by atoms with E-state index in [2.05, 4.69) is 5.32 Å². The van der Waals surface area contributed by atoms with Crippen LogP contribution in [0.4, 0.5) is 10.1 Å². The first-order chi connectivity index (χ1) is 9.60. The van der Waals surface area contributed by atoms with Gasteiger partial charge in [-0.1, -0.05) is 29.3 Å². The van der Waals surface area contributed by atoms with Gasteiger partial charge in [0, 0.05) is 22.2 Å². The molecule has 0 bridgehead atoms. The Kier molecular flexibility index (Phi) is 5.10. The zero-order valence-corrected chi connectivity index (χ0v) is 12.4. The summed E-state index contributed by atoms with van der Waals surface area (Å²) in [6.45, 7) is 2.77. The van der Waals surface area contributed by atoms with E-state index in [9.17, 15) is 4.39 Å². The molecule has 0 unspecified atom stereocenters. The summed E-state index contributed by atoms with van der Waals surface area (Å²) in [4.78, 5) is 0. The van der Waals surface area contributed by atoms with E-state index >= 15 is 0 Å². The largest absolute Gasteiger partial charge is 0.492 e. The molecule has 0 atom stereocenters. The van der Waals surface area contributed by atoms with Crippen LogP contribution in [0.25, 0.3) is 0 Å². The molecule has 1 N–H and O–H groups in total. The lowest BCUT2D eigenvalue weighted by atomic mass is 10.2.